The highest BCUT2D eigenvalue weighted by molar-refractivity contribution is 6.31. The van der Waals surface area contributed by atoms with Crippen LogP contribution in [0.5, 0.6) is 5.75 Å². The maximum Gasteiger partial charge on any atom is 0.297 e. The number of phenolic OH excluding ortho intramolecular Hbond substituents is 1. The minimum Gasteiger partial charge on any atom is -0.507 e. The van der Waals surface area contributed by atoms with Gasteiger partial charge in [-0.2, -0.15) is 4.98 Å². The quantitative estimate of drug-likeness (QED) is 0.614. The fraction of sp³-hybridized carbons (Fsp3) is 0.391. The highest BCUT2D eigenvalue weighted by Crippen LogP contribution is 2.35. The van der Waals surface area contributed by atoms with Gasteiger partial charge in [0.2, 0.25) is 11.6 Å². The van der Waals surface area contributed by atoms with Gasteiger partial charge in [0.1, 0.15) is 11.5 Å². The van der Waals surface area contributed by atoms with Gasteiger partial charge in [-0.25, -0.2) is 4.98 Å². The van der Waals surface area contributed by atoms with Crippen LogP contribution in [0.3, 0.4) is 0 Å². The first-order chi connectivity index (χ1) is 15.4. The van der Waals surface area contributed by atoms with Crippen molar-refractivity contribution in [3.63, 3.8) is 0 Å². The second-order valence-electron chi connectivity index (χ2n) is 8.57. The molecule has 8 nitrogen and oxygen atoms in total. The number of anilines is 1. The Kier molecular flexibility index (Phi) is 5.25. The summed E-state index contributed by atoms with van der Waals surface area (Å²) >= 11 is 6.01. The number of fused-ring (bicyclic) bond motifs is 1. The number of halogens is 1. The van der Waals surface area contributed by atoms with Gasteiger partial charge < -0.3 is 19.7 Å². The number of aromatic hydroxyl groups is 1. The van der Waals surface area contributed by atoms with Crippen LogP contribution in [0.1, 0.15) is 31.2 Å². The third kappa shape index (κ3) is 3.90. The number of Topliss-reactive ketones (excluding diaryl/α,β-unsaturated/α-hetero) is 1. The number of nitrogens with one attached hydrogen (secondary N) is 1. The van der Waals surface area contributed by atoms with Crippen LogP contribution in [0.25, 0.3) is 22.5 Å². The molecular weight excluding hydrogens is 432 g/mol. The van der Waals surface area contributed by atoms with Crippen molar-refractivity contribution in [1.82, 2.24) is 14.9 Å². The standard InChI is InChI=1S/C23H23ClN4O4/c1-12-7-14(24)10-18(30)20(12)17-4-5-19-21(26-17)27-23(32-19)25-15-3-2-6-28(11-15)22(31)13-8-16(29)9-13/h4-5,7,10,13,15,30H,2-3,6,8-9,11H2,1H3,(H,25,26,27)/t15-/m1/s1. The lowest BCUT2D eigenvalue weighted by Crippen LogP contribution is -2.49. The molecule has 3 heterocycles. The van der Waals surface area contributed by atoms with Crippen LogP contribution < -0.4 is 5.32 Å². The Hall–Kier alpha value is -3.13. The molecule has 1 saturated heterocycles. The molecule has 1 aromatic carbocycles. The van der Waals surface area contributed by atoms with Crippen LogP contribution in [0.2, 0.25) is 5.02 Å². The first kappa shape index (κ1) is 20.8. The van der Waals surface area contributed by atoms with Gasteiger partial charge in [-0.05, 0) is 49.6 Å². The molecule has 0 unspecified atom stereocenters. The van der Waals surface area contributed by atoms with E-state index in [4.69, 9.17) is 16.0 Å². The molecule has 5 rings (SSSR count). The van der Waals surface area contributed by atoms with Crippen LogP contribution in [0.15, 0.2) is 28.7 Å². The molecule has 1 saturated carbocycles. The number of pyridine rings is 1. The number of piperidine rings is 1. The van der Waals surface area contributed by atoms with E-state index in [-0.39, 0.29) is 29.4 Å². The minimum absolute atomic E-state index is 0.0126. The molecular formula is C23H23ClN4O4. The maximum absolute atomic E-state index is 12.6. The number of benzene rings is 1. The number of carbonyl (C=O) groups excluding carboxylic acids is 2. The average Bonchev–Trinajstić information content (AvgIpc) is 3.12. The first-order valence-electron chi connectivity index (χ1n) is 10.7. The summed E-state index contributed by atoms with van der Waals surface area (Å²) in [6, 6.07) is 7.16. The van der Waals surface area contributed by atoms with E-state index in [1.165, 1.54) is 6.07 Å². The lowest BCUT2D eigenvalue weighted by molar-refractivity contribution is -0.145. The third-order valence-electron chi connectivity index (χ3n) is 6.15. The molecule has 1 atom stereocenters. The SMILES string of the molecule is Cc1cc(Cl)cc(O)c1-c1ccc2oc(N[C@@H]3CCCN(C(=O)C4CC(=O)C4)C3)nc2n1. The van der Waals surface area contributed by atoms with Crippen LogP contribution in [-0.2, 0) is 9.59 Å². The number of hydrogen-bond acceptors (Lipinski definition) is 7. The number of nitrogens with zero attached hydrogens (tertiary/aromatic N) is 3. The van der Waals surface area contributed by atoms with Crippen LogP contribution >= 0.6 is 11.6 Å². The van der Waals surface area contributed by atoms with E-state index < -0.39 is 0 Å². The second-order valence-corrected chi connectivity index (χ2v) is 9.00. The normalized spacial score (nSPS) is 19.2. The predicted molar refractivity (Wildman–Crippen MR) is 120 cm³/mol. The summed E-state index contributed by atoms with van der Waals surface area (Å²) in [5, 5.41) is 14.1. The van der Waals surface area contributed by atoms with E-state index in [9.17, 15) is 14.7 Å². The zero-order chi connectivity index (χ0) is 22.4. The number of hydrogen-bond donors (Lipinski definition) is 2. The Labute approximate surface area is 189 Å². The molecule has 1 aliphatic heterocycles. The zero-order valence-electron chi connectivity index (χ0n) is 17.6. The fourth-order valence-electron chi connectivity index (χ4n) is 4.47. The molecule has 2 fully saturated rings. The number of phenols is 1. The van der Waals surface area contributed by atoms with Crippen molar-refractivity contribution in [2.45, 2.75) is 38.6 Å². The molecule has 0 radical (unpaired) electrons. The molecule has 0 spiro atoms. The van der Waals surface area contributed by atoms with Crippen molar-refractivity contribution >= 4 is 40.5 Å². The molecule has 1 amide bonds. The van der Waals surface area contributed by atoms with Gasteiger partial charge in [-0.3, -0.25) is 9.59 Å². The predicted octanol–water partition coefficient (Wildman–Crippen LogP) is 3.94. The number of ketones is 1. The van der Waals surface area contributed by atoms with Crippen LogP contribution in [0.4, 0.5) is 6.01 Å². The van der Waals surface area contributed by atoms with Crippen molar-refractivity contribution in [2.24, 2.45) is 5.92 Å². The molecule has 9 heteroatoms. The van der Waals surface area contributed by atoms with E-state index >= 15 is 0 Å². The van der Waals surface area contributed by atoms with E-state index in [2.05, 4.69) is 15.3 Å². The monoisotopic (exact) mass is 454 g/mol. The van der Waals surface area contributed by atoms with Crippen molar-refractivity contribution in [1.29, 1.82) is 0 Å². The van der Waals surface area contributed by atoms with Crippen molar-refractivity contribution in [3.8, 4) is 17.0 Å². The van der Waals surface area contributed by atoms with E-state index in [0.29, 0.717) is 59.5 Å². The molecule has 1 aliphatic carbocycles. The summed E-state index contributed by atoms with van der Waals surface area (Å²) in [4.78, 5) is 34.7. The fourth-order valence-corrected chi connectivity index (χ4v) is 4.74. The van der Waals surface area contributed by atoms with Crippen molar-refractivity contribution in [2.75, 3.05) is 18.4 Å². The molecule has 32 heavy (non-hydrogen) atoms. The second kappa shape index (κ2) is 8.09. The lowest BCUT2D eigenvalue weighted by atomic mass is 9.82. The highest BCUT2D eigenvalue weighted by Gasteiger charge is 2.37. The topological polar surface area (TPSA) is 109 Å². The minimum atomic E-state index is -0.152. The van der Waals surface area contributed by atoms with Crippen LogP contribution in [0, 0.1) is 12.8 Å². The van der Waals surface area contributed by atoms with Gasteiger partial charge in [-0.1, -0.05) is 11.6 Å². The Morgan fingerprint density at radius 2 is 2.09 bits per heavy atom. The summed E-state index contributed by atoms with van der Waals surface area (Å²) < 4.78 is 5.81. The summed E-state index contributed by atoms with van der Waals surface area (Å²) in [6.45, 7) is 3.13. The van der Waals surface area contributed by atoms with Gasteiger partial charge in [0.15, 0.2) is 5.58 Å². The number of oxazole rings is 1. The number of rotatable bonds is 4. The Morgan fingerprint density at radius 3 is 2.84 bits per heavy atom. The average molecular weight is 455 g/mol. The third-order valence-corrected chi connectivity index (χ3v) is 6.37. The number of aromatic nitrogens is 2. The zero-order valence-corrected chi connectivity index (χ0v) is 18.4. The first-order valence-corrected chi connectivity index (χ1v) is 11.1. The molecule has 166 valence electrons. The Balaban J connectivity index is 1.32. The lowest BCUT2D eigenvalue weighted by Gasteiger charge is -2.36. The van der Waals surface area contributed by atoms with Crippen LogP contribution in [-0.4, -0.2) is 50.8 Å². The van der Waals surface area contributed by atoms with Gasteiger partial charge in [0.05, 0.1) is 11.6 Å². The molecule has 2 aromatic heterocycles. The number of likely N-dealkylation sites (tertiary alicyclic amines) is 1. The molecule has 0 bridgehead atoms. The van der Waals surface area contributed by atoms with Crippen molar-refractivity contribution < 1.29 is 19.1 Å². The largest absolute Gasteiger partial charge is 0.507 e. The summed E-state index contributed by atoms with van der Waals surface area (Å²) in [6.07, 6.45) is 2.51. The smallest absolute Gasteiger partial charge is 0.297 e. The molecule has 3 aromatic rings. The summed E-state index contributed by atoms with van der Waals surface area (Å²) in [7, 11) is 0. The van der Waals surface area contributed by atoms with Crippen molar-refractivity contribution in [3.05, 3.63) is 34.9 Å². The molecule has 2 aliphatic rings. The van der Waals surface area contributed by atoms with Gasteiger partial charge in [0, 0.05) is 42.6 Å². The Bertz CT molecular complexity index is 1190. The summed E-state index contributed by atoms with van der Waals surface area (Å²) in [5.74, 6) is 0.137. The number of carbonyl (C=O) groups is 2. The van der Waals surface area contributed by atoms with E-state index in [1.807, 2.05) is 11.8 Å². The van der Waals surface area contributed by atoms with E-state index in [1.54, 1.807) is 18.2 Å². The van der Waals surface area contributed by atoms with E-state index in [0.717, 1.165) is 18.4 Å². The maximum atomic E-state index is 12.6. The summed E-state index contributed by atoms with van der Waals surface area (Å²) in [5.41, 5.74) is 2.94. The number of amides is 1. The van der Waals surface area contributed by atoms with Gasteiger partial charge in [-0.15, -0.1) is 0 Å². The van der Waals surface area contributed by atoms with Gasteiger partial charge in [0.25, 0.3) is 6.01 Å². The molecule has 2 N–H and O–H groups in total. The number of aryl methyl sites for hydroxylation is 1. The highest BCUT2D eigenvalue weighted by atomic mass is 35.5. The Morgan fingerprint density at radius 1 is 1.28 bits per heavy atom. The van der Waals surface area contributed by atoms with Gasteiger partial charge >= 0.3 is 0 Å².